The molecule has 3 unspecified atom stereocenters. The molecule has 3 aromatic rings. The summed E-state index contributed by atoms with van der Waals surface area (Å²) in [6, 6.07) is 20.3. The van der Waals surface area contributed by atoms with Crippen LogP contribution in [0.3, 0.4) is 0 Å². The Kier molecular flexibility index (Phi) is 5.25. The average Bonchev–Trinajstić information content (AvgIpc) is 2.60. The van der Waals surface area contributed by atoms with Crippen LogP contribution in [0.1, 0.15) is 16.7 Å². The number of hydrogen-bond donors (Lipinski definition) is 0. The zero-order valence-corrected chi connectivity index (χ0v) is 16.0. The number of benzene rings is 3. The summed E-state index contributed by atoms with van der Waals surface area (Å²) in [5.74, 6) is 0. The minimum Gasteiger partial charge on any atom is -0.133 e. The Labute approximate surface area is 139 Å². The molecule has 0 nitrogen and oxygen atoms in total. The van der Waals surface area contributed by atoms with Gasteiger partial charge in [0.05, 0.1) is 0 Å². The Balaban J connectivity index is 2.11. The molecule has 0 heterocycles. The molecule has 0 fully saturated rings. The first-order valence-electron chi connectivity index (χ1n) is 7.50. The van der Waals surface area contributed by atoms with Crippen LogP contribution in [0.4, 0.5) is 0 Å². The average molecular weight is 342 g/mol. The molecule has 0 saturated carbocycles. The Bertz CT molecular complexity index is 792. The van der Waals surface area contributed by atoms with Crippen LogP contribution in [0.15, 0.2) is 54.6 Å². The smallest absolute Gasteiger partial charge is 0.0122 e. The van der Waals surface area contributed by atoms with Crippen molar-refractivity contribution in [3.63, 3.8) is 0 Å². The van der Waals surface area contributed by atoms with Gasteiger partial charge in [0.1, 0.15) is 0 Å². The van der Waals surface area contributed by atoms with E-state index in [1.54, 1.807) is 0 Å². The summed E-state index contributed by atoms with van der Waals surface area (Å²) >= 11 is 0. The standard InChI is InChI=1S/C19H21P3/c20-10-13-1-3-15(4-2-13)16-5-6-17-7-14(11-21)8-18(12-22)19(17)9-16/h1-9H,10-12,20-22H2. The van der Waals surface area contributed by atoms with E-state index >= 15 is 0 Å². The first-order valence-corrected chi connectivity index (χ1v) is 9.95. The summed E-state index contributed by atoms with van der Waals surface area (Å²) in [4.78, 5) is 0. The summed E-state index contributed by atoms with van der Waals surface area (Å²) in [6.45, 7) is 0. The van der Waals surface area contributed by atoms with Crippen molar-refractivity contribution in [2.75, 3.05) is 0 Å². The minimum absolute atomic E-state index is 0.991. The highest BCUT2D eigenvalue weighted by molar-refractivity contribution is 7.15. The van der Waals surface area contributed by atoms with Crippen molar-refractivity contribution in [1.29, 1.82) is 0 Å². The van der Waals surface area contributed by atoms with Gasteiger partial charge < -0.3 is 0 Å². The van der Waals surface area contributed by atoms with Gasteiger partial charge in [0.15, 0.2) is 0 Å². The second kappa shape index (κ2) is 7.19. The Morgan fingerprint density at radius 2 is 1.27 bits per heavy atom. The van der Waals surface area contributed by atoms with E-state index in [-0.39, 0.29) is 0 Å². The van der Waals surface area contributed by atoms with Crippen molar-refractivity contribution in [1.82, 2.24) is 0 Å². The molecule has 0 saturated heterocycles. The van der Waals surface area contributed by atoms with Crippen LogP contribution in [0, 0.1) is 0 Å². The number of rotatable bonds is 4. The van der Waals surface area contributed by atoms with E-state index in [9.17, 15) is 0 Å². The molecule has 0 aliphatic rings. The van der Waals surface area contributed by atoms with Crippen LogP contribution in [-0.2, 0) is 18.5 Å². The molecular weight excluding hydrogens is 321 g/mol. The van der Waals surface area contributed by atoms with E-state index in [0.717, 1.165) is 18.5 Å². The molecule has 3 heteroatoms. The largest absolute Gasteiger partial charge is 0.133 e. The van der Waals surface area contributed by atoms with Gasteiger partial charge >= 0.3 is 0 Å². The third-order valence-electron chi connectivity index (χ3n) is 4.08. The highest BCUT2D eigenvalue weighted by Gasteiger charge is 2.05. The predicted octanol–water partition coefficient (Wildman–Crippen LogP) is 5.63. The van der Waals surface area contributed by atoms with E-state index in [1.165, 1.54) is 38.6 Å². The van der Waals surface area contributed by atoms with Crippen LogP contribution >= 0.6 is 27.7 Å². The first-order chi connectivity index (χ1) is 10.7. The lowest BCUT2D eigenvalue weighted by molar-refractivity contribution is 1.37. The van der Waals surface area contributed by atoms with Crippen molar-refractivity contribution >= 4 is 38.5 Å². The topological polar surface area (TPSA) is 0 Å². The monoisotopic (exact) mass is 342 g/mol. The van der Waals surface area contributed by atoms with Crippen LogP contribution in [0.2, 0.25) is 0 Å². The first kappa shape index (κ1) is 16.1. The van der Waals surface area contributed by atoms with Gasteiger partial charge in [-0.05, 0) is 63.1 Å². The predicted molar refractivity (Wildman–Crippen MR) is 110 cm³/mol. The molecule has 0 N–H and O–H groups in total. The van der Waals surface area contributed by atoms with E-state index < -0.39 is 0 Å². The fourth-order valence-electron chi connectivity index (χ4n) is 2.80. The van der Waals surface area contributed by atoms with E-state index in [2.05, 4.69) is 82.3 Å². The van der Waals surface area contributed by atoms with Crippen molar-refractivity contribution in [2.24, 2.45) is 0 Å². The normalized spacial score (nSPS) is 11.0. The summed E-state index contributed by atoms with van der Waals surface area (Å²) < 4.78 is 0. The van der Waals surface area contributed by atoms with Gasteiger partial charge in [0, 0.05) is 0 Å². The maximum absolute atomic E-state index is 2.86. The Morgan fingerprint density at radius 3 is 1.91 bits per heavy atom. The zero-order valence-electron chi connectivity index (χ0n) is 12.5. The quantitative estimate of drug-likeness (QED) is 0.539. The van der Waals surface area contributed by atoms with Gasteiger partial charge in [-0.3, -0.25) is 0 Å². The van der Waals surface area contributed by atoms with Crippen LogP contribution in [0.5, 0.6) is 0 Å². The molecule has 22 heavy (non-hydrogen) atoms. The van der Waals surface area contributed by atoms with Gasteiger partial charge in [0.2, 0.25) is 0 Å². The van der Waals surface area contributed by atoms with Crippen molar-refractivity contribution in [3.05, 3.63) is 71.3 Å². The third-order valence-corrected chi connectivity index (χ3v) is 5.46. The summed E-state index contributed by atoms with van der Waals surface area (Å²) in [7, 11) is 8.45. The van der Waals surface area contributed by atoms with E-state index in [4.69, 9.17) is 0 Å². The molecule has 3 aromatic carbocycles. The van der Waals surface area contributed by atoms with Crippen molar-refractivity contribution < 1.29 is 0 Å². The fourth-order valence-corrected chi connectivity index (χ4v) is 3.65. The number of fused-ring (bicyclic) bond motifs is 1. The third kappa shape index (κ3) is 3.26. The van der Waals surface area contributed by atoms with E-state index in [0.29, 0.717) is 0 Å². The molecule has 3 rings (SSSR count). The van der Waals surface area contributed by atoms with Crippen molar-refractivity contribution in [2.45, 2.75) is 18.5 Å². The van der Waals surface area contributed by atoms with Crippen LogP contribution in [0.25, 0.3) is 21.9 Å². The molecule has 0 bridgehead atoms. The molecule has 112 valence electrons. The molecule has 0 amide bonds. The second-order valence-corrected chi connectivity index (χ2v) is 6.72. The molecular formula is C19H21P3. The lowest BCUT2D eigenvalue weighted by Crippen LogP contribution is -1.88. The zero-order chi connectivity index (χ0) is 15.5. The van der Waals surface area contributed by atoms with Gasteiger partial charge in [-0.2, -0.15) is 0 Å². The Morgan fingerprint density at radius 1 is 0.591 bits per heavy atom. The van der Waals surface area contributed by atoms with Crippen molar-refractivity contribution in [3.8, 4) is 11.1 Å². The summed E-state index contributed by atoms with van der Waals surface area (Å²) in [5, 5.41) is 2.70. The number of hydrogen-bond acceptors (Lipinski definition) is 0. The maximum atomic E-state index is 2.86. The molecule has 0 aliphatic carbocycles. The molecule has 0 aromatic heterocycles. The van der Waals surface area contributed by atoms with Gasteiger partial charge in [-0.25, -0.2) is 0 Å². The van der Waals surface area contributed by atoms with E-state index in [1.807, 2.05) is 0 Å². The highest BCUT2D eigenvalue weighted by Crippen LogP contribution is 2.30. The second-order valence-electron chi connectivity index (χ2n) is 5.50. The Hall–Kier alpha value is -0.790. The lowest BCUT2D eigenvalue weighted by atomic mass is 9.97. The molecule has 0 spiro atoms. The maximum Gasteiger partial charge on any atom is -0.0122 e. The fraction of sp³-hybridized carbons (Fsp3) is 0.158. The lowest BCUT2D eigenvalue weighted by Gasteiger charge is -2.10. The highest BCUT2D eigenvalue weighted by atomic mass is 31.0. The van der Waals surface area contributed by atoms with Crippen LogP contribution < -0.4 is 0 Å². The SMILES string of the molecule is PCc1ccc(-c2ccc3cc(CP)cc(CP)c3c2)cc1. The van der Waals surface area contributed by atoms with Gasteiger partial charge in [-0.1, -0.05) is 48.5 Å². The molecule has 0 radical (unpaired) electrons. The summed E-state index contributed by atoms with van der Waals surface area (Å²) in [6.07, 6.45) is 3.00. The summed E-state index contributed by atoms with van der Waals surface area (Å²) in [5.41, 5.74) is 6.72. The van der Waals surface area contributed by atoms with Crippen LogP contribution in [-0.4, -0.2) is 0 Å². The molecule has 3 atom stereocenters. The minimum atomic E-state index is 0.991. The molecule has 0 aliphatic heterocycles. The van der Waals surface area contributed by atoms with Gasteiger partial charge in [-0.15, -0.1) is 27.7 Å². The van der Waals surface area contributed by atoms with Gasteiger partial charge in [0.25, 0.3) is 0 Å².